The number of anilines is 3. The zero-order chi connectivity index (χ0) is 21.8. The molecule has 0 aliphatic rings. The second-order valence-electron chi connectivity index (χ2n) is 6.73. The highest BCUT2D eigenvalue weighted by molar-refractivity contribution is 5.98. The highest BCUT2D eigenvalue weighted by Gasteiger charge is 2.11. The Labute approximate surface area is 176 Å². The van der Waals surface area contributed by atoms with Gasteiger partial charge < -0.3 is 21.1 Å². The lowest BCUT2D eigenvalue weighted by atomic mass is 10.1. The molecule has 2 amide bonds. The number of carbonyl (C=O) groups is 2. The van der Waals surface area contributed by atoms with Gasteiger partial charge in [0.1, 0.15) is 5.82 Å². The Morgan fingerprint density at radius 2 is 1.77 bits per heavy atom. The summed E-state index contributed by atoms with van der Waals surface area (Å²) in [5.74, 6) is -0.431. The Hall–Kier alpha value is -3.13. The van der Waals surface area contributed by atoms with Gasteiger partial charge in [0.2, 0.25) is 5.91 Å². The van der Waals surface area contributed by atoms with E-state index in [9.17, 15) is 14.0 Å². The molecule has 0 saturated carbocycles. The summed E-state index contributed by atoms with van der Waals surface area (Å²) < 4.78 is 18.0. The predicted molar refractivity (Wildman–Crippen MR) is 117 cm³/mol. The van der Waals surface area contributed by atoms with Crippen molar-refractivity contribution in [3.8, 4) is 0 Å². The van der Waals surface area contributed by atoms with Crippen LogP contribution >= 0.6 is 0 Å². The summed E-state index contributed by atoms with van der Waals surface area (Å²) in [6.45, 7) is 3.05. The topological polar surface area (TPSA) is 105 Å². The molecule has 0 atom stereocenters. The van der Waals surface area contributed by atoms with E-state index in [1.54, 1.807) is 37.3 Å². The standard InChI is InChI=1S/C22H29FN4O3/c1-2-30-22(29)27-19-12-11-18(25-15-16-7-9-17(23)10-8-16)14-20(19)26-21(28)6-4-3-5-13-24/h7-12,14,25H,2-6,13,15,24H2,1H3,(H,26,28)(H,27,29). The number of benzene rings is 2. The fraction of sp³-hybridized carbons (Fsp3) is 0.364. The summed E-state index contributed by atoms with van der Waals surface area (Å²) in [4.78, 5) is 24.1. The van der Waals surface area contributed by atoms with Crippen LogP contribution in [0.1, 0.15) is 38.2 Å². The first-order valence-corrected chi connectivity index (χ1v) is 10.1. The first-order chi connectivity index (χ1) is 14.5. The monoisotopic (exact) mass is 416 g/mol. The molecular formula is C22H29FN4O3. The molecule has 0 fully saturated rings. The van der Waals surface area contributed by atoms with Gasteiger partial charge in [0, 0.05) is 18.7 Å². The molecule has 0 bridgehead atoms. The number of rotatable bonds is 11. The van der Waals surface area contributed by atoms with Crippen LogP contribution in [0.5, 0.6) is 0 Å². The molecule has 0 spiro atoms. The fourth-order valence-electron chi connectivity index (χ4n) is 2.77. The zero-order valence-electron chi connectivity index (χ0n) is 17.2. The van der Waals surface area contributed by atoms with Gasteiger partial charge in [-0.1, -0.05) is 18.6 Å². The molecule has 7 nitrogen and oxygen atoms in total. The zero-order valence-corrected chi connectivity index (χ0v) is 17.2. The van der Waals surface area contributed by atoms with Crippen LogP contribution in [-0.4, -0.2) is 25.2 Å². The minimum atomic E-state index is -0.594. The van der Waals surface area contributed by atoms with E-state index < -0.39 is 6.09 Å². The van der Waals surface area contributed by atoms with Crippen LogP contribution in [0.15, 0.2) is 42.5 Å². The van der Waals surface area contributed by atoms with E-state index in [0.717, 1.165) is 30.5 Å². The Morgan fingerprint density at radius 1 is 1.00 bits per heavy atom. The van der Waals surface area contributed by atoms with Crippen molar-refractivity contribution < 1.29 is 18.7 Å². The van der Waals surface area contributed by atoms with Gasteiger partial charge in [-0.3, -0.25) is 10.1 Å². The van der Waals surface area contributed by atoms with E-state index in [0.29, 0.717) is 30.9 Å². The quantitative estimate of drug-likeness (QED) is 0.405. The number of unbranched alkanes of at least 4 members (excludes halogenated alkanes) is 2. The Kier molecular flexibility index (Phi) is 9.60. The Bertz CT molecular complexity index is 828. The van der Waals surface area contributed by atoms with Crippen molar-refractivity contribution in [3.63, 3.8) is 0 Å². The van der Waals surface area contributed by atoms with Crippen molar-refractivity contribution in [2.45, 2.75) is 39.2 Å². The van der Waals surface area contributed by atoms with Crippen molar-refractivity contribution in [1.82, 2.24) is 0 Å². The second-order valence-corrected chi connectivity index (χ2v) is 6.73. The third kappa shape index (κ3) is 8.08. The van der Waals surface area contributed by atoms with Crippen LogP contribution in [0.25, 0.3) is 0 Å². The van der Waals surface area contributed by atoms with Gasteiger partial charge in [-0.05, 0) is 62.2 Å². The van der Waals surface area contributed by atoms with E-state index in [4.69, 9.17) is 10.5 Å². The molecule has 0 aliphatic heterocycles. The third-order valence-corrected chi connectivity index (χ3v) is 4.32. The molecule has 0 heterocycles. The minimum Gasteiger partial charge on any atom is -0.450 e. The highest BCUT2D eigenvalue weighted by Crippen LogP contribution is 2.27. The van der Waals surface area contributed by atoms with Crippen molar-refractivity contribution in [3.05, 3.63) is 53.8 Å². The number of hydrogen-bond donors (Lipinski definition) is 4. The summed E-state index contributed by atoms with van der Waals surface area (Å²) in [6.07, 6.45) is 2.28. The number of hydrogen-bond acceptors (Lipinski definition) is 5. The molecule has 0 unspecified atom stereocenters. The smallest absolute Gasteiger partial charge is 0.411 e. The number of nitrogens with two attached hydrogens (primary N) is 1. The molecule has 0 radical (unpaired) electrons. The normalized spacial score (nSPS) is 10.4. The molecule has 0 saturated heterocycles. The lowest BCUT2D eigenvalue weighted by Gasteiger charge is -2.15. The molecule has 8 heteroatoms. The van der Waals surface area contributed by atoms with Gasteiger partial charge in [0.05, 0.1) is 18.0 Å². The predicted octanol–water partition coefficient (Wildman–Crippen LogP) is 4.46. The molecule has 162 valence electrons. The van der Waals surface area contributed by atoms with Gasteiger partial charge in [-0.15, -0.1) is 0 Å². The largest absolute Gasteiger partial charge is 0.450 e. The van der Waals surface area contributed by atoms with E-state index in [1.807, 2.05) is 0 Å². The SMILES string of the molecule is CCOC(=O)Nc1ccc(NCc2ccc(F)cc2)cc1NC(=O)CCCCCN. The number of ether oxygens (including phenoxy) is 1. The number of carbonyl (C=O) groups excluding carboxylic acids is 2. The van der Waals surface area contributed by atoms with E-state index in [-0.39, 0.29) is 18.3 Å². The number of halogens is 1. The van der Waals surface area contributed by atoms with Crippen LogP contribution in [0.2, 0.25) is 0 Å². The van der Waals surface area contributed by atoms with Crippen LogP contribution < -0.4 is 21.7 Å². The molecule has 2 aromatic carbocycles. The van der Waals surface area contributed by atoms with E-state index in [2.05, 4.69) is 16.0 Å². The van der Waals surface area contributed by atoms with Crippen LogP contribution in [-0.2, 0) is 16.1 Å². The van der Waals surface area contributed by atoms with E-state index >= 15 is 0 Å². The average molecular weight is 416 g/mol. The maximum Gasteiger partial charge on any atom is 0.411 e. The van der Waals surface area contributed by atoms with Gasteiger partial charge in [-0.25, -0.2) is 9.18 Å². The number of amides is 2. The summed E-state index contributed by atoms with van der Waals surface area (Å²) in [6, 6.07) is 11.4. The number of nitrogens with one attached hydrogen (secondary N) is 3. The lowest BCUT2D eigenvalue weighted by molar-refractivity contribution is -0.116. The molecule has 5 N–H and O–H groups in total. The fourth-order valence-corrected chi connectivity index (χ4v) is 2.77. The van der Waals surface area contributed by atoms with Gasteiger partial charge in [-0.2, -0.15) is 0 Å². The maximum absolute atomic E-state index is 13.0. The molecule has 30 heavy (non-hydrogen) atoms. The Balaban J connectivity index is 2.07. The van der Waals surface area contributed by atoms with Crippen molar-refractivity contribution in [2.24, 2.45) is 5.73 Å². The second kappa shape index (κ2) is 12.4. The molecular weight excluding hydrogens is 387 g/mol. The van der Waals surface area contributed by atoms with Crippen molar-refractivity contribution in [2.75, 3.05) is 29.1 Å². The molecule has 2 aromatic rings. The molecule has 0 aromatic heterocycles. The van der Waals surface area contributed by atoms with Crippen molar-refractivity contribution in [1.29, 1.82) is 0 Å². The molecule has 2 rings (SSSR count). The van der Waals surface area contributed by atoms with Gasteiger partial charge in [0.15, 0.2) is 0 Å². The van der Waals surface area contributed by atoms with Crippen LogP contribution in [0.3, 0.4) is 0 Å². The van der Waals surface area contributed by atoms with Gasteiger partial charge >= 0.3 is 6.09 Å². The Morgan fingerprint density at radius 3 is 2.47 bits per heavy atom. The van der Waals surface area contributed by atoms with Crippen molar-refractivity contribution >= 4 is 29.1 Å². The minimum absolute atomic E-state index is 0.144. The van der Waals surface area contributed by atoms with Crippen LogP contribution in [0, 0.1) is 5.82 Å². The van der Waals surface area contributed by atoms with Crippen LogP contribution in [0.4, 0.5) is 26.2 Å². The third-order valence-electron chi connectivity index (χ3n) is 4.32. The summed E-state index contributed by atoms with van der Waals surface area (Å²) in [7, 11) is 0. The lowest BCUT2D eigenvalue weighted by Crippen LogP contribution is -2.17. The van der Waals surface area contributed by atoms with E-state index in [1.165, 1.54) is 12.1 Å². The van der Waals surface area contributed by atoms with Gasteiger partial charge in [0.25, 0.3) is 0 Å². The summed E-state index contributed by atoms with van der Waals surface area (Å²) in [5.41, 5.74) is 8.04. The maximum atomic E-state index is 13.0. The summed E-state index contributed by atoms with van der Waals surface area (Å²) >= 11 is 0. The first kappa shape index (κ1) is 23.2. The highest BCUT2D eigenvalue weighted by atomic mass is 19.1. The average Bonchev–Trinajstić information content (AvgIpc) is 2.72. The first-order valence-electron chi connectivity index (χ1n) is 10.1. The molecule has 0 aliphatic carbocycles. The summed E-state index contributed by atoms with van der Waals surface area (Å²) in [5, 5.41) is 8.72.